The second-order valence-electron chi connectivity index (χ2n) is 19.3. The van der Waals surface area contributed by atoms with E-state index in [9.17, 15) is 72.0 Å². The van der Waals surface area contributed by atoms with E-state index in [0.29, 0.717) is 51.4 Å². The van der Waals surface area contributed by atoms with Gasteiger partial charge in [-0.1, -0.05) is 18.9 Å². The first kappa shape index (κ1) is 56.8. The predicted molar refractivity (Wildman–Crippen MR) is 262 cm³/mol. The van der Waals surface area contributed by atoms with Crippen LogP contribution in [0.4, 0.5) is 8.78 Å². The van der Waals surface area contributed by atoms with Crippen LogP contribution in [-0.2, 0) is 43.1 Å². The number of ketones is 4. The Balaban J connectivity index is 1.11. The highest BCUT2D eigenvalue weighted by atomic mass is 19.1. The number of nitrogens with zero attached hydrogens (tertiary/aromatic N) is 1. The summed E-state index contributed by atoms with van der Waals surface area (Å²) < 4.78 is 35.2. The van der Waals surface area contributed by atoms with Gasteiger partial charge in [0.1, 0.15) is 29.7 Å². The average molecular weight is 1050 g/mol. The number of benzene rings is 1. The summed E-state index contributed by atoms with van der Waals surface area (Å²) in [6, 6.07) is -0.792. The zero-order valence-corrected chi connectivity index (χ0v) is 41.1. The van der Waals surface area contributed by atoms with E-state index in [4.69, 9.17) is 21.9 Å². The Morgan fingerprint density at radius 2 is 1.51 bits per heavy atom. The molecule has 75 heavy (non-hydrogen) atoms. The maximum Gasteiger partial charge on any atom is 0.336 e. The van der Waals surface area contributed by atoms with Crippen molar-refractivity contribution in [2.45, 2.75) is 114 Å². The van der Waals surface area contributed by atoms with Gasteiger partial charge in [0.2, 0.25) is 23.5 Å². The fourth-order valence-corrected chi connectivity index (χ4v) is 10.5. The molecule has 0 bridgehead atoms. The summed E-state index contributed by atoms with van der Waals surface area (Å²) in [4.78, 5) is 136. The van der Waals surface area contributed by atoms with Crippen LogP contribution < -0.4 is 38.5 Å². The number of carboxylic acids is 2. The SMILES string of the molecule is CC(O)[C@H](NC(=O)CNC(=O)c1ccc(C2=C3C=C(F)C(=O)C=C3OC3CC(=O)C(F)=CC23)c(C(=O)O)c1)C(=O)N[C@@H](CCCCN)C(=O)C1CCC[C@H]1C(=O)C1CCC[C@H]1C(=O)N[C@@H](CCCN=C(N)N)C(=O)O. The summed E-state index contributed by atoms with van der Waals surface area (Å²) in [7, 11) is 0. The van der Waals surface area contributed by atoms with Gasteiger partial charge in [-0.25, -0.2) is 18.4 Å². The van der Waals surface area contributed by atoms with Crippen LogP contribution in [0.2, 0.25) is 0 Å². The standard InChI is InChI=1S/C51H62F2N8O14/c1-23(62)43(61-41(65)22-58-46(68)24-13-14-25(30(17-24)49(71)72)42-31-18-33(52)37(63)20-39(31)75-40-21-38(64)34(53)19-32(40)42)48(70)59-35(11-2-3-15-54)45(67)27-8-4-7-26(27)44(66)28-9-5-10-29(28)47(69)60-36(50(73)74)12-6-16-57-51(55)56/h13-14,17-20,23,26-29,32,35-36,40,43,62H,2-12,15-16,21-22,54H2,1H3,(H,58,68)(H,59,70)(H,60,69)(H,61,65)(H,71,72)(H,73,74)(H4,55,56,57)/t23?,26-,27?,28?,29-,32?,35+,36+,40?,43+/m1/s1. The second kappa shape index (κ2) is 25.2. The molecule has 6 rings (SSSR count). The van der Waals surface area contributed by atoms with Crippen molar-refractivity contribution in [3.05, 3.63) is 76.1 Å². The van der Waals surface area contributed by atoms with Crippen molar-refractivity contribution in [2.75, 3.05) is 19.6 Å². The van der Waals surface area contributed by atoms with Crippen molar-refractivity contribution < 1.29 is 76.8 Å². The number of unbranched alkanes of at least 4 members (excludes halogenated alkanes) is 1. The number of aliphatic imine (C=N–C) groups is 1. The molecule has 5 unspecified atom stereocenters. The number of guanidine groups is 1. The number of aliphatic hydroxyl groups is 1. The van der Waals surface area contributed by atoms with Crippen LogP contribution >= 0.6 is 0 Å². The van der Waals surface area contributed by atoms with E-state index in [-0.39, 0.29) is 72.1 Å². The van der Waals surface area contributed by atoms with Crippen LogP contribution in [0.5, 0.6) is 0 Å². The normalized spacial score (nSPS) is 23.6. The first-order chi connectivity index (χ1) is 35.6. The van der Waals surface area contributed by atoms with Crippen LogP contribution in [0.15, 0.2) is 64.4 Å². The Bertz CT molecular complexity index is 2660. The fourth-order valence-electron chi connectivity index (χ4n) is 10.5. The lowest BCUT2D eigenvalue weighted by Crippen LogP contribution is -2.57. The highest BCUT2D eigenvalue weighted by molar-refractivity contribution is 6.08. The molecule has 1 aliphatic heterocycles. The van der Waals surface area contributed by atoms with Crippen molar-refractivity contribution in [1.29, 1.82) is 0 Å². The minimum Gasteiger partial charge on any atom is -0.488 e. The number of Topliss-reactive ketones (excluding diaryl/α,β-unsaturated/α-hetero) is 3. The van der Waals surface area contributed by atoms with E-state index < -0.39 is 143 Å². The highest BCUT2D eigenvalue weighted by Crippen LogP contribution is 2.47. The number of aliphatic carboxylic acids is 1. The number of fused-ring (bicyclic) bond motifs is 2. The molecule has 10 atom stereocenters. The zero-order chi connectivity index (χ0) is 54.8. The number of carboxylic acid groups (broad SMARTS) is 2. The minimum atomic E-state index is -1.67. The quantitative estimate of drug-likeness (QED) is 0.0394. The molecule has 22 nitrogen and oxygen atoms in total. The van der Waals surface area contributed by atoms with E-state index in [1.54, 1.807) is 0 Å². The number of rotatable bonds is 24. The maximum atomic E-state index is 14.7. The molecular weight excluding hydrogens is 987 g/mol. The van der Waals surface area contributed by atoms with Gasteiger partial charge in [-0.2, -0.15) is 0 Å². The van der Waals surface area contributed by atoms with Crippen LogP contribution in [-0.4, -0.2) is 130 Å². The third-order valence-corrected chi connectivity index (χ3v) is 14.2. The molecule has 0 saturated heterocycles. The smallest absolute Gasteiger partial charge is 0.336 e. The van der Waals surface area contributed by atoms with Crippen molar-refractivity contribution in [3.8, 4) is 0 Å². The fraction of sp³-hybridized carbons (Fsp3) is 0.510. The molecule has 5 aliphatic rings. The molecule has 2 saturated carbocycles. The van der Waals surface area contributed by atoms with Gasteiger partial charge in [0.05, 0.1) is 30.7 Å². The molecule has 2 fully saturated rings. The number of halogens is 2. The molecule has 4 aliphatic carbocycles. The van der Waals surface area contributed by atoms with Crippen molar-refractivity contribution in [2.24, 2.45) is 51.8 Å². The van der Waals surface area contributed by atoms with Gasteiger partial charge in [-0.05, 0) is 107 Å². The number of carbonyl (C=O) groups excluding carboxylic acids is 8. The van der Waals surface area contributed by atoms with E-state index in [0.717, 1.165) is 24.3 Å². The summed E-state index contributed by atoms with van der Waals surface area (Å²) in [6.45, 7) is 0.814. The largest absolute Gasteiger partial charge is 0.488 e. The Morgan fingerprint density at radius 1 is 0.840 bits per heavy atom. The number of carbonyl (C=O) groups is 10. The van der Waals surface area contributed by atoms with Crippen molar-refractivity contribution in [1.82, 2.24) is 21.3 Å². The van der Waals surface area contributed by atoms with Gasteiger partial charge in [-0.15, -0.1) is 0 Å². The van der Waals surface area contributed by atoms with E-state index in [1.807, 2.05) is 0 Å². The first-order valence-electron chi connectivity index (χ1n) is 24.9. The first-order valence-corrected chi connectivity index (χ1v) is 24.9. The number of nitrogens with one attached hydrogen (secondary N) is 4. The van der Waals surface area contributed by atoms with Gasteiger partial charge in [0.25, 0.3) is 5.91 Å². The number of ether oxygens (including phenoxy) is 1. The van der Waals surface area contributed by atoms with Crippen molar-refractivity contribution in [3.63, 3.8) is 0 Å². The highest BCUT2D eigenvalue weighted by Gasteiger charge is 2.48. The van der Waals surface area contributed by atoms with Gasteiger partial charge in [0, 0.05) is 53.3 Å². The summed E-state index contributed by atoms with van der Waals surface area (Å²) in [5.41, 5.74) is 15.4. The lowest BCUT2D eigenvalue weighted by molar-refractivity contribution is -0.144. The molecule has 0 aromatic heterocycles. The van der Waals surface area contributed by atoms with Gasteiger partial charge in [0.15, 0.2) is 29.2 Å². The lowest BCUT2D eigenvalue weighted by Gasteiger charge is -2.38. The van der Waals surface area contributed by atoms with Crippen LogP contribution in [0.1, 0.15) is 110 Å². The Hall–Kier alpha value is -7.47. The van der Waals surface area contributed by atoms with E-state index >= 15 is 0 Å². The lowest BCUT2D eigenvalue weighted by atomic mass is 9.75. The predicted octanol–water partition coefficient (Wildman–Crippen LogP) is 1.10. The number of aromatic carboxylic acids is 1. The molecule has 1 aromatic rings. The second-order valence-corrected chi connectivity index (χ2v) is 19.3. The molecule has 13 N–H and O–H groups in total. The van der Waals surface area contributed by atoms with E-state index in [2.05, 4.69) is 26.3 Å². The average Bonchev–Trinajstić information content (AvgIpc) is 4.07. The molecule has 0 spiro atoms. The Kier molecular flexibility index (Phi) is 19.1. The minimum absolute atomic E-state index is 0.0106. The van der Waals surface area contributed by atoms with Crippen LogP contribution in [0.3, 0.4) is 0 Å². The molecule has 404 valence electrons. The topological polar surface area (TPSA) is 379 Å². The molecule has 1 heterocycles. The molecular formula is C51H62F2N8O14. The monoisotopic (exact) mass is 1050 g/mol. The van der Waals surface area contributed by atoms with Gasteiger partial charge >= 0.3 is 11.9 Å². The third-order valence-electron chi connectivity index (χ3n) is 14.2. The summed E-state index contributed by atoms with van der Waals surface area (Å²) in [6.07, 6.45) is 3.03. The number of aliphatic hydroxyl groups excluding tert-OH is 1. The summed E-state index contributed by atoms with van der Waals surface area (Å²) in [5, 5.41) is 40.7. The molecule has 4 amide bonds. The number of amides is 4. The molecule has 1 aromatic carbocycles. The van der Waals surface area contributed by atoms with Crippen LogP contribution in [0, 0.1) is 29.6 Å². The molecule has 24 heteroatoms. The maximum absolute atomic E-state index is 14.7. The van der Waals surface area contributed by atoms with Gasteiger partial charge < -0.3 is 58.5 Å². The van der Waals surface area contributed by atoms with Crippen LogP contribution in [0.25, 0.3) is 5.57 Å². The number of hydrogen-bond acceptors (Lipinski definition) is 14. The Labute approximate surface area is 429 Å². The zero-order valence-electron chi connectivity index (χ0n) is 41.1. The summed E-state index contributed by atoms with van der Waals surface area (Å²) in [5.74, 6) is -16.1. The molecule has 0 radical (unpaired) electrons. The number of hydrogen-bond donors (Lipinski definition) is 10. The third kappa shape index (κ3) is 13.6. The number of allylic oxidation sites excluding steroid dienone is 4. The Morgan fingerprint density at radius 3 is 2.16 bits per heavy atom. The number of nitrogens with two attached hydrogens (primary N) is 3. The van der Waals surface area contributed by atoms with Crippen molar-refractivity contribution >= 4 is 70.2 Å². The van der Waals surface area contributed by atoms with Gasteiger partial charge in [-0.3, -0.25) is 43.3 Å². The van der Waals surface area contributed by atoms with E-state index in [1.165, 1.54) is 19.1 Å². The summed E-state index contributed by atoms with van der Waals surface area (Å²) >= 11 is 0.